The van der Waals surface area contributed by atoms with Gasteiger partial charge in [-0.25, -0.2) is 4.79 Å². The third-order valence-corrected chi connectivity index (χ3v) is 5.98. The van der Waals surface area contributed by atoms with Gasteiger partial charge in [0.25, 0.3) is 0 Å². The van der Waals surface area contributed by atoms with E-state index in [0.717, 1.165) is 16.7 Å². The second-order valence-corrected chi connectivity index (χ2v) is 8.78. The Balaban J connectivity index is 1.44. The van der Waals surface area contributed by atoms with E-state index in [9.17, 15) is 9.59 Å². The average Bonchev–Trinajstić information content (AvgIpc) is 3.56. The van der Waals surface area contributed by atoms with Crippen molar-refractivity contribution in [2.45, 2.75) is 45.1 Å². The quantitative estimate of drug-likeness (QED) is 0.392. The first-order chi connectivity index (χ1) is 16.0. The van der Waals surface area contributed by atoms with Crippen LogP contribution in [0.25, 0.3) is 0 Å². The minimum Gasteiger partial charge on any atom is -0.459 e. The van der Waals surface area contributed by atoms with Crippen LogP contribution in [0.1, 0.15) is 36.6 Å². The normalized spacial score (nSPS) is 20.2. The van der Waals surface area contributed by atoms with Crippen LogP contribution in [0.3, 0.4) is 0 Å². The lowest BCUT2D eigenvalue weighted by Gasteiger charge is -2.21. The second-order valence-electron chi connectivity index (χ2n) is 8.78. The summed E-state index contributed by atoms with van der Waals surface area (Å²) in [5.41, 5.74) is 3.16. The van der Waals surface area contributed by atoms with Gasteiger partial charge in [0.15, 0.2) is 0 Å². The van der Waals surface area contributed by atoms with E-state index in [2.05, 4.69) is 22.3 Å². The molecule has 3 aromatic carbocycles. The summed E-state index contributed by atoms with van der Waals surface area (Å²) in [6.07, 6.45) is 0. The molecule has 4 rings (SSSR count). The van der Waals surface area contributed by atoms with Crippen LogP contribution in [0.4, 0.5) is 0 Å². The highest BCUT2D eigenvalue weighted by Gasteiger charge is 2.53. The van der Waals surface area contributed by atoms with Crippen LogP contribution in [0.2, 0.25) is 0 Å². The van der Waals surface area contributed by atoms with Gasteiger partial charge in [-0.15, -0.1) is 0 Å². The van der Waals surface area contributed by atoms with Gasteiger partial charge < -0.3 is 10.1 Å². The molecule has 3 aromatic rings. The van der Waals surface area contributed by atoms with Gasteiger partial charge in [0.1, 0.15) is 18.7 Å². The number of amides is 1. The number of hydrogen-bond acceptors (Lipinski definition) is 4. The van der Waals surface area contributed by atoms with Crippen molar-refractivity contribution < 1.29 is 14.3 Å². The number of hydrogen-bond donors (Lipinski definition) is 1. The number of rotatable bonds is 9. The first-order valence-corrected chi connectivity index (χ1v) is 11.4. The molecule has 1 N–H and O–H groups in total. The summed E-state index contributed by atoms with van der Waals surface area (Å²) in [5, 5.41) is 2.97. The minimum absolute atomic E-state index is 0.0143. The summed E-state index contributed by atoms with van der Waals surface area (Å²) < 4.78 is 5.52. The third-order valence-electron chi connectivity index (χ3n) is 5.98. The van der Waals surface area contributed by atoms with Gasteiger partial charge >= 0.3 is 5.97 Å². The minimum atomic E-state index is -0.697. The zero-order chi connectivity index (χ0) is 23.2. The van der Waals surface area contributed by atoms with Gasteiger partial charge in [-0.1, -0.05) is 105 Å². The van der Waals surface area contributed by atoms with Crippen LogP contribution in [0, 0.1) is 5.92 Å². The molecule has 0 spiro atoms. The SMILES string of the molecule is CC(C)[C@@H](NC(=O)[C@H]1[C@@H](c2ccccc2)N1Cc1ccccc1)C(=O)OCc1ccccc1. The number of esters is 1. The maximum absolute atomic E-state index is 13.3. The van der Waals surface area contributed by atoms with Crippen molar-refractivity contribution in [3.63, 3.8) is 0 Å². The molecule has 33 heavy (non-hydrogen) atoms. The lowest BCUT2D eigenvalue weighted by molar-refractivity contribution is -0.150. The van der Waals surface area contributed by atoms with Crippen molar-refractivity contribution in [2.75, 3.05) is 0 Å². The van der Waals surface area contributed by atoms with Crippen LogP contribution in [-0.4, -0.2) is 28.9 Å². The number of benzene rings is 3. The molecule has 4 atom stereocenters. The molecule has 1 aliphatic rings. The molecule has 1 heterocycles. The molecule has 0 aromatic heterocycles. The number of carbonyl (C=O) groups excluding carboxylic acids is 2. The van der Waals surface area contributed by atoms with Crippen molar-refractivity contribution in [3.05, 3.63) is 108 Å². The topological polar surface area (TPSA) is 58.4 Å². The van der Waals surface area contributed by atoms with Crippen molar-refractivity contribution in [1.29, 1.82) is 0 Å². The van der Waals surface area contributed by atoms with Gasteiger partial charge in [-0.2, -0.15) is 0 Å². The number of carbonyl (C=O) groups is 2. The zero-order valence-corrected chi connectivity index (χ0v) is 19.1. The molecular weight excluding hydrogens is 412 g/mol. The van der Waals surface area contributed by atoms with Gasteiger partial charge in [-0.05, 0) is 22.6 Å². The fourth-order valence-corrected chi connectivity index (χ4v) is 4.14. The van der Waals surface area contributed by atoms with E-state index >= 15 is 0 Å². The first-order valence-electron chi connectivity index (χ1n) is 11.4. The van der Waals surface area contributed by atoms with Gasteiger partial charge in [0.2, 0.25) is 5.91 Å². The number of nitrogens with zero attached hydrogens (tertiary/aromatic N) is 1. The van der Waals surface area contributed by atoms with Gasteiger partial charge in [0.05, 0.1) is 6.04 Å². The Labute approximate surface area is 195 Å². The average molecular weight is 443 g/mol. The summed E-state index contributed by atoms with van der Waals surface area (Å²) in [5.74, 6) is -0.641. The van der Waals surface area contributed by atoms with Crippen LogP contribution < -0.4 is 5.32 Å². The smallest absolute Gasteiger partial charge is 0.329 e. The van der Waals surface area contributed by atoms with E-state index in [1.165, 1.54) is 0 Å². The molecule has 1 aliphatic heterocycles. The lowest BCUT2D eigenvalue weighted by Crippen LogP contribution is -2.47. The second kappa shape index (κ2) is 10.5. The largest absolute Gasteiger partial charge is 0.459 e. The Kier molecular flexibility index (Phi) is 7.20. The van der Waals surface area contributed by atoms with E-state index in [1.807, 2.05) is 92.7 Å². The van der Waals surface area contributed by atoms with Crippen LogP contribution in [0.15, 0.2) is 91.0 Å². The monoisotopic (exact) mass is 442 g/mol. The summed E-state index contributed by atoms with van der Waals surface area (Å²) in [6.45, 7) is 4.69. The standard InChI is InChI=1S/C28H30N2O3/c1-20(2)24(28(32)33-19-22-14-8-4-9-15-22)29-27(31)26-25(23-16-10-5-11-17-23)30(26)18-21-12-6-3-7-13-21/h3-17,20,24-26H,18-19H2,1-2H3,(H,29,31)/t24-,25-,26-,30?/m1/s1. The van der Waals surface area contributed by atoms with Crippen molar-refractivity contribution in [1.82, 2.24) is 10.2 Å². The van der Waals surface area contributed by atoms with Crippen LogP contribution in [-0.2, 0) is 27.5 Å². The first kappa shape index (κ1) is 22.7. The molecule has 5 heteroatoms. The Morgan fingerprint density at radius 1 is 0.848 bits per heavy atom. The Morgan fingerprint density at radius 2 is 1.39 bits per heavy atom. The number of nitrogens with one attached hydrogen (secondary N) is 1. The molecule has 1 fully saturated rings. The summed E-state index contributed by atoms with van der Waals surface area (Å²) in [6, 6.07) is 28.7. The molecule has 1 amide bonds. The molecule has 1 unspecified atom stereocenters. The summed E-state index contributed by atoms with van der Waals surface area (Å²) in [7, 11) is 0. The lowest BCUT2D eigenvalue weighted by atomic mass is 10.0. The Bertz CT molecular complexity index is 1050. The Morgan fingerprint density at radius 3 is 1.97 bits per heavy atom. The highest BCUT2D eigenvalue weighted by molar-refractivity contribution is 5.90. The number of ether oxygens (including phenoxy) is 1. The van der Waals surface area contributed by atoms with Crippen molar-refractivity contribution >= 4 is 11.9 Å². The van der Waals surface area contributed by atoms with E-state index in [4.69, 9.17) is 4.74 Å². The fourth-order valence-electron chi connectivity index (χ4n) is 4.14. The summed E-state index contributed by atoms with van der Waals surface area (Å²) >= 11 is 0. The van der Waals surface area contributed by atoms with Crippen LogP contribution in [0.5, 0.6) is 0 Å². The molecular formula is C28H30N2O3. The van der Waals surface area contributed by atoms with E-state index in [-0.39, 0.29) is 30.5 Å². The Hall–Kier alpha value is -3.44. The molecule has 0 bridgehead atoms. The maximum atomic E-state index is 13.3. The highest BCUT2D eigenvalue weighted by Crippen LogP contribution is 2.44. The fraction of sp³-hybridized carbons (Fsp3) is 0.286. The maximum Gasteiger partial charge on any atom is 0.329 e. The molecule has 170 valence electrons. The van der Waals surface area contributed by atoms with Crippen molar-refractivity contribution in [2.24, 2.45) is 5.92 Å². The molecule has 0 radical (unpaired) electrons. The predicted molar refractivity (Wildman–Crippen MR) is 128 cm³/mol. The third kappa shape index (κ3) is 5.68. The van der Waals surface area contributed by atoms with Crippen molar-refractivity contribution in [3.8, 4) is 0 Å². The zero-order valence-electron chi connectivity index (χ0n) is 19.1. The van der Waals surface area contributed by atoms with E-state index in [1.54, 1.807) is 0 Å². The van der Waals surface area contributed by atoms with E-state index < -0.39 is 12.0 Å². The molecule has 5 nitrogen and oxygen atoms in total. The van der Waals surface area contributed by atoms with Gasteiger partial charge in [-0.3, -0.25) is 9.69 Å². The molecule has 1 saturated heterocycles. The summed E-state index contributed by atoms with van der Waals surface area (Å²) in [4.78, 5) is 28.3. The van der Waals surface area contributed by atoms with E-state index in [0.29, 0.717) is 6.54 Å². The van der Waals surface area contributed by atoms with Gasteiger partial charge in [0, 0.05) is 6.54 Å². The molecule has 0 saturated carbocycles. The predicted octanol–water partition coefficient (Wildman–Crippen LogP) is 4.50. The highest BCUT2D eigenvalue weighted by atomic mass is 16.5. The molecule has 0 aliphatic carbocycles. The van der Waals surface area contributed by atoms with Crippen LogP contribution >= 0.6 is 0 Å².